The first-order valence-corrected chi connectivity index (χ1v) is 13.6. The number of anilines is 1. The number of guanidine groups is 1. The summed E-state index contributed by atoms with van der Waals surface area (Å²) in [5.41, 5.74) is 13.9. The van der Waals surface area contributed by atoms with E-state index < -0.39 is 17.7 Å². The summed E-state index contributed by atoms with van der Waals surface area (Å²) in [6, 6.07) is 17.9. The molecule has 1 aliphatic rings. The first kappa shape index (κ1) is 29.7. The zero-order valence-corrected chi connectivity index (χ0v) is 23.5. The SMILES string of the molecule is NC(N)=Nc1ccc2c(c1)N(CCC(=O)NC[C@H](CC(=O)c1c(Cl)cc(-c3ccccc3)cc1Cl)C(=O)O)CCO2. The van der Waals surface area contributed by atoms with Crippen LogP contribution >= 0.6 is 23.2 Å². The summed E-state index contributed by atoms with van der Waals surface area (Å²) >= 11 is 12.8. The molecule has 4 rings (SSSR count). The standard InChI is InChI=1S/C29H29Cl2N5O5/c30-21-12-18(17-4-2-1-3-5-17)13-22(31)27(21)24(37)14-19(28(39)40)16-34-26(38)8-9-36-10-11-41-25-7-6-20(15-23(25)36)35-29(32)33/h1-7,12-13,15,19H,8-11,14,16H2,(H,34,38)(H,39,40)(H4,32,33,35)/t19-/m0/s1. The number of nitrogens with one attached hydrogen (secondary N) is 1. The van der Waals surface area contributed by atoms with Crippen LogP contribution in [-0.2, 0) is 9.59 Å². The van der Waals surface area contributed by atoms with Crippen LogP contribution in [0.4, 0.5) is 11.4 Å². The topological polar surface area (TPSA) is 160 Å². The Bertz CT molecular complexity index is 1450. The normalized spacial score (nSPS) is 13.0. The number of carboxylic acid groups (broad SMARTS) is 1. The fraction of sp³-hybridized carbons (Fsp3) is 0.241. The second kappa shape index (κ2) is 13.4. The maximum Gasteiger partial charge on any atom is 0.308 e. The summed E-state index contributed by atoms with van der Waals surface area (Å²) in [6.07, 6.45) is -0.297. The number of hydrogen-bond donors (Lipinski definition) is 4. The fourth-order valence-corrected chi connectivity index (χ4v) is 5.18. The van der Waals surface area contributed by atoms with Crippen molar-refractivity contribution in [3.63, 3.8) is 0 Å². The predicted octanol–water partition coefficient (Wildman–Crippen LogP) is 4.24. The lowest BCUT2D eigenvalue weighted by Gasteiger charge is -2.31. The minimum atomic E-state index is -1.22. The van der Waals surface area contributed by atoms with E-state index in [1.807, 2.05) is 35.2 Å². The number of amides is 1. The maximum atomic E-state index is 13.0. The number of carboxylic acids is 1. The average Bonchev–Trinajstić information content (AvgIpc) is 2.93. The Morgan fingerprint density at radius 2 is 1.73 bits per heavy atom. The summed E-state index contributed by atoms with van der Waals surface area (Å²) in [6.45, 7) is 1.11. The lowest BCUT2D eigenvalue weighted by Crippen LogP contribution is -2.38. The molecule has 6 N–H and O–H groups in total. The van der Waals surface area contributed by atoms with E-state index in [1.165, 1.54) is 0 Å². The van der Waals surface area contributed by atoms with Gasteiger partial charge in [-0.25, -0.2) is 4.99 Å². The Balaban J connectivity index is 1.35. The monoisotopic (exact) mass is 597 g/mol. The first-order chi connectivity index (χ1) is 19.6. The van der Waals surface area contributed by atoms with Crippen LogP contribution in [0.5, 0.6) is 5.75 Å². The molecule has 0 radical (unpaired) electrons. The molecule has 0 unspecified atom stereocenters. The van der Waals surface area contributed by atoms with Crippen molar-refractivity contribution in [3.8, 4) is 16.9 Å². The molecular formula is C29H29Cl2N5O5. The summed E-state index contributed by atoms with van der Waals surface area (Å²) in [5.74, 6) is -2.71. The highest BCUT2D eigenvalue weighted by Gasteiger charge is 2.26. The molecule has 0 bridgehead atoms. The molecule has 41 heavy (non-hydrogen) atoms. The summed E-state index contributed by atoms with van der Waals surface area (Å²) < 4.78 is 5.68. The summed E-state index contributed by atoms with van der Waals surface area (Å²) in [4.78, 5) is 43.6. The van der Waals surface area contributed by atoms with Crippen molar-refractivity contribution in [2.45, 2.75) is 12.8 Å². The lowest BCUT2D eigenvalue weighted by atomic mass is 9.96. The van der Waals surface area contributed by atoms with Gasteiger partial charge in [-0.1, -0.05) is 53.5 Å². The van der Waals surface area contributed by atoms with E-state index in [4.69, 9.17) is 39.4 Å². The van der Waals surface area contributed by atoms with Crippen molar-refractivity contribution in [1.29, 1.82) is 0 Å². The van der Waals surface area contributed by atoms with Gasteiger partial charge in [-0.05, 0) is 41.5 Å². The summed E-state index contributed by atoms with van der Waals surface area (Å²) in [7, 11) is 0. The maximum absolute atomic E-state index is 13.0. The second-order valence-electron chi connectivity index (χ2n) is 9.42. The van der Waals surface area contributed by atoms with Crippen LogP contribution < -0.4 is 26.4 Å². The predicted molar refractivity (Wildman–Crippen MR) is 159 cm³/mol. The molecule has 12 heteroatoms. The number of halogens is 2. The zero-order valence-electron chi connectivity index (χ0n) is 22.0. The molecule has 3 aromatic rings. The van der Waals surface area contributed by atoms with E-state index >= 15 is 0 Å². The van der Waals surface area contributed by atoms with E-state index in [0.717, 1.165) is 16.8 Å². The van der Waals surface area contributed by atoms with Gasteiger partial charge >= 0.3 is 5.97 Å². The van der Waals surface area contributed by atoms with Crippen molar-refractivity contribution >= 4 is 58.2 Å². The number of aliphatic carboxylic acids is 1. The van der Waals surface area contributed by atoms with Crippen molar-refractivity contribution in [2.24, 2.45) is 22.4 Å². The third-order valence-corrected chi connectivity index (χ3v) is 7.12. The number of nitrogens with two attached hydrogens (primary N) is 2. The number of carbonyl (C=O) groups is 3. The number of Topliss-reactive ketones (excluding diaryl/α,β-unsaturated/α-hetero) is 1. The molecule has 1 atom stereocenters. The molecule has 0 aromatic heterocycles. The molecule has 214 valence electrons. The fourth-order valence-electron chi connectivity index (χ4n) is 4.48. The van der Waals surface area contributed by atoms with Crippen LogP contribution in [0, 0.1) is 5.92 Å². The van der Waals surface area contributed by atoms with Gasteiger partial charge in [-0.15, -0.1) is 0 Å². The highest BCUT2D eigenvalue weighted by Crippen LogP contribution is 2.35. The Morgan fingerprint density at radius 1 is 1.02 bits per heavy atom. The number of ether oxygens (including phenoxy) is 1. The van der Waals surface area contributed by atoms with Crippen molar-refractivity contribution in [3.05, 3.63) is 76.3 Å². The quantitative estimate of drug-likeness (QED) is 0.145. The number of ketones is 1. The van der Waals surface area contributed by atoms with Gasteiger partial charge in [0.2, 0.25) is 5.91 Å². The van der Waals surface area contributed by atoms with E-state index in [1.54, 1.807) is 30.3 Å². The smallest absolute Gasteiger partial charge is 0.308 e. The number of benzene rings is 3. The molecular weight excluding hydrogens is 569 g/mol. The number of fused-ring (bicyclic) bond motifs is 1. The molecule has 1 amide bonds. The minimum Gasteiger partial charge on any atom is -0.490 e. The van der Waals surface area contributed by atoms with E-state index in [0.29, 0.717) is 31.1 Å². The molecule has 0 fully saturated rings. The Kier molecular flexibility index (Phi) is 9.69. The zero-order chi connectivity index (χ0) is 29.5. The van der Waals surface area contributed by atoms with Crippen LogP contribution in [0.3, 0.4) is 0 Å². The highest BCUT2D eigenvalue weighted by molar-refractivity contribution is 6.40. The van der Waals surface area contributed by atoms with Crippen LogP contribution in [0.1, 0.15) is 23.2 Å². The number of nitrogens with zero attached hydrogens (tertiary/aromatic N) is 2. The van der Waals surface area contributed by atoms with Gasteiger partial charge in [0.1, 0.15) is 12.4 Å². The van der Waals surface area contributed by atoms with Gasteiger partial charge < -0.3 is 31.5 Å². The molecule has 1 aliphatic heterocycles. The molecule has 3 aromatic carbocycles. The number of rotatable bonds is 11. The van der Waals surface area contributed by atoms with E-state index in [9.17, 15) is 19.5 Å². The Morgan fingerprint density at radius 3 is 2.39 bits per heavy atom. The third kappa shape index (κ3) is 7.68. The first-order valence-electron chi connectivity index (χ1n) is 12.8. The van der Waals surface area contributed by atoms with Crippen molar-refractivity contribution in [2.75, 3.05) is 31.1 Å². The molecule has 0 aliphatic carbocycles. The molecule has 0 saturated heterocycles. The van der Waals surface area contributed by atoms with Gasteiger partial charge in [0.05, 0.1) is 39.4 Å². The minimum absolute atomic E-state index is 0.0525. The Labute approximate surface area is 246 Å². The largest absolute Gasteiger partial charge is 0.490 e. The van der Waals surface area contributed by atoms with Crippen LogP contribution in [0.25, 0.3) is 11.1 Å². The van der Waals surface area contributed by atoms with Crippen molar-refractivity contribution in [1.82, 2.24) is 5.32 Å². The van der Waals surface area contributed by atoms with E-state index in [2.05, 4.69) is 10.3 Å². The number of carbonyl (C=O) groups excluding carboxylic acids is 2. The summed E-state index contributed by atoms with van der Waals surface area (Å²) in [5, 5.41) is 12.6. The average molecular weight is 598 g/mol. The van der Waals surface area contributed by atoms with Gasteiger partial charge in [-0.2, -0.15) is 0 Å². The molecule has 10 nitrogen and oxygen atoms in total. The van der Waals surface area contributed by atoms with Gasteiger partial charge in [-0.3, -0.25) is 14.4 Å². The molecule has 0 spiro atoms. The highest BCUT2D eigenvalue weighted by atomic mass is 35.5. The van der Waals surface area contributed by atoms with Gasteiger partial charge in [0.15, 0.2) is 11.7 Å². The number of hydrogen-bond acceptors (Lipinski definition) is 6. The van der Waals surface area contributed by atoms with E-state index in [-0.39, 0.29) is 46.9 Å². The second-order valence-corrected chi connectivity index (χ2v) is 10.2. The number of aliphatic imine (C=N–C) groups is 1. The van der Waals surface area contributed by atoms with Crippen LogP contribution in [0.2, 0.25) is 10.0 Å². The van der Waals surface area contributed by atoms with Gasteiger partial charge in [0.25, 0.3) is 0 Å². The van der Waals surface area contributed by atoms with Gasteiger partial charge in [0, 0.05) is 25.9 Å². The van der Waals surface area contributed by atoms with Crippen LogP contribution in [-0.4, -0.2) is 55.0 Å². The van der Waals surface area contributed by atoms with Crippen LogP contribution in [0.15, 0.2) is 65.7 Å². The van der Waals surface area contributed by atoms with Crippen molar-refractivity contribution < 1.29 is 24.2 Å². The molecule has 1 heterocycles. The molecule has 0 saturated carbocycles. The third-order valence-electron chi connectivity index (χ3n) is 6.52. The lowest BCUT2D eigenvalue weighted by molar-refractivity contribution is -0.141. The Hall–Kier alpha value is -4.28.